The van der Waals surface area contributed by atoms with Crippen molar-refractivity contribution in [3.63, 3.8) is 0 Å². The van der Waals surface area contributed by atoms with E-state index in [1.807, 2.05) is 0 Å². The van der Waals surface area contributed by atoms with Crippen molar-refractivity contribution < 1.29 is 19.8 Å². The zero-order valence-corrected chi connectivity index (χ0v) is 9.40. The Kier molecular flexibility index (Phi) is 2.69. The Morgan fingerprint density at radius 2 is 2.31 bits per heavy atom. The SMILES string of the molecule is C[C@@H](O)[C@@H]1C(=O)N2C(C(=O)O)=C(CN)S[C@H]12. The molecule has 2 aliphatic rings. The van der Waals surface area contributed by atoms with E-state index >= 15 is 0 Å². The molecule has 0 aromatic heterocycles. The molecule has 7 heteroatoms. The van der Waals surface area contributed by atoms with Crippen LogP contribution in [0.2, 0.25) is 0 Å². The van der Waals surface area contributed by atoms with Crippen molar-refractivity contribution in [1.82, 2.24) is 4.90 Å². The summed E-state index contributed by atoms with van der Waals surface area (Å²) in [7, 11) is 0. The number of nitrogens with zero attached hydrogens (tertiary/aromatic N) is 1. The van der Waals surface area contributed by atoms with Crippen molar-refractivity contribution in [2.24, 2.45) is 11.7 Å². The van der Waals surface area contributed by atoms with Gasteiger partial charge in [0.1, 0.15) is 11.1 Å². The fraction of sp³-hybridized carbons (Fsp3) is 0.556. The highest BCUT2D eigenvalue weighted by atomic mass is 32.2. The molecule has 0 bridgehead atoms. The van der Waals surface area contributed by atoms with Gasteiger partial charge in [-0.1, -0.05) is 0 Å². The Balaban J connectivity index is 2.29. The number of nitrogens with two attached hydrogens (primary N) is 1. The van der Waals surface area contributed by atoms with Crippen molar-refractivity contribution in [3.05, 3.63) is 10.6 Å². The Labute approximate surface area is 96.1 Å². The Hall–Kier alpha value is -1.05. The highest BCUT2D eigenvalue weighted by Gasteiger charge is 2.57. The summed E-state index contributed by atoms with van der Waals surface area (Å²) in [5.74, 6) is -2.01. The number of rotatable bonds is 3. The van der Waals surface area contributed by atoms with Crippen molar-refractivity contribution in [2.75, 3.05) is 6.54 Å². The van der Waals surface area contributed by atoms with Crippen LogP contribution in [0.25, 0.3) is 0 Å². The van der Waals surface area contributed by atoms with E-state index in [0.29, 0.717) is 4.91 Å². The second-order valence-corrected chi connectivity index (χ2v) is 4.98. The van der Waals surface area contributed by atoms with Gasteiger partial charge in [-0.15, -0.1) is 11.8 Å². The number of aliphatic hydroxyl groups excluding tert-OH is 1. The zero-order chi connectivity index (χ0) is 12.0. The lowest BCUT2D eigenvalue weighted by Gasteiger charge is -2.43. The van der Waals surface area contributed by atoms with Gasteiger partial charge in [-0.05, 0) is 6.92 Å². The van der Waals surface area contributed by atoms with Gasteiger partial charge in [0.2, 0.25) is 5.91 Å². The third-order valence-corrected chi connectivity index (χ3v) is 4.15. The first-order valence-electron chi connectivity index (χ1n) is 4.83. The number of aliphatic hydroxyl groups is 1. The van der Waals surface area contributed by atoms with Crippen LogP contribution in [0, 0.1) is 5.92 Å². The molecule has 1 amide bonds. The molecule has 2 rings (SSSR count). The van der Waals surface area contributed by atoms with Gasteiger partial charge in [0.05, 0.1) is 12.0 Å². The molecule has 16 heavy (non-hydrogen) atoms. The summed E-state index contributed by atoms with van der Waals surface area (Å²) in [5, 5.41) is 18.1. The summed E-state index contributed by atoms with van der Waals surface area (Å²) >= 11 is 1.26. The predicted molar refractivity (Wildman–Crippen MR) is 57.1 cm³/mol. The molecule has 0 aromatic carbocycles. The van der Waals surface area contributed by atoms with Gasteiger partial charge < -0.3 is 15.9 Å². The number of aliphatic carboxylic acids is 1. The fourth-order valence-corrected chi connectivity index (χ4v) is 3.49. The maximum absolute atomic E-state index is 11.7. The van der Waals surface area contributed by atoms with Crippen LogP contribution in [-0.4, -0.2) is 45.0 Å². The molecule has 88 valence electrons. The lowest BCUT2D eigenvalue weighted by atomic mass is 9.92. The zero-order valence-electron chi connectivity index (χ0n) is 8.58. The molecule has 0 spiro atoms. The first-order valence-corrected chi connectivity index (χ1v) is 5.71. The highest BCUT2D eigenvalue weighted by Crippen LogP contribution is 2.49. The molecule has 6 nitrogen and oxygen atoms in total. The fourth-order valence-electron chi connectivity index (χ4n) is 2.00. The van der Waals surface area contributed by atoms with Gasteiger partial charge in [0.25, 0.3) is 0 Å². The number of hydrogen-bond acceptors (Lipinski definition) is 5. The monoisotopic (exact) mass is 244 g/mol. The molecular formula is C9H12N2O4S. The number of carbonyl (C=O) groups is 2. The summed E-state index contributed by atoms with van der Waals surface area (Å²) < 4.78 is 0. The van der Waals surface area contributed by atoms with Crippen molar-refractivity contribution in [1.29, 1.82) is 0 Å². The number of amides is 1. The number of thioether (sulfide) groups is 1. The van der Waals surface area contributed by atoms with Crippen LogP contribution < -0.4 is 5.73 Å². The van der Waals surface area contributed by atoms with Gasteiger partial charge in [-0.3, -0.25) is 9.69 Å². The first-order chi connectivity index (χ1) is 7.49. The van der Waals surface area contributed by atoms with E-state index in [4.69, 9.17) is 10.8 Å². The highest BCUT2D eigenvalue weighted by molar-refractivity contribution is 8.04. The third kappa shape index (κ3) is 1.35. The van der Waals surface area contributed by atoms with Crippen LogP contribution in [0.3, 0.4) is 0 Å². The van der Waals surface area contributed by atoms with Gasteiger partial charge in [-0.2, -0.15) is 0 Å². The van der Waals surface area contributed by atoms with Crippen LogP contribution >= 0.6 is 11.8 Å². The van der Waals surface area contributed by atoms with E-state index in [1.165, 1.54) is 23.6 Å². The van der Waals surface area contributed by atoms with Crippen LogP contribution in [0.5, 0.6) is 0 Å². The normalized spacial score (nSPS) is 30.2. The molecule has 0 unspecified atom stereocenters. The summed E-state index contributed by atoms with van der Waals surface area (Å²) in [6, 6.07) is 0. The van der Waals surface area contributed by atoms with Crippen molar-refractivity contribution >= 4 is 23.6 Å². The Bertz CT molecular complexity index is 393. The van der Waals surface area contributed by atoms with Gasteiger partial charge >= 0.3 is 5.97 Å². The van der Waals surface area contributed by atoms with E-state index in [2.05, 4.69) is 0 Å². The van der Waals surface area contributed by atoms with Crippen molar-refractivity contribution in [2.45, 2.75) is 18.4 Å². The second-order valence-electron chi connectivity index (χ2n) is 3.76. The van der Waals surface area contributed by atoms with E-state index in [0.717, 1.165) is 0 Å². The molecule has 0 aromatic rings. The van der Waals surface area contributed by atoms with E-state index in [9.17, 15) is 14.7 Å². The van der Waals surface area contributed by atoms with Crippen LogP contribution in [0.1, 0.15) is 6.92 Å². The Morgan fingerprint density at radius 1 is 1.69 bits per heavy atom. The molecule has 0 radical (unpaired) electrons. The van der Waals surface area contributed by atoms with Gasteiger partial charge in [0.15, 0.2) is 0 Å². The van der Waals surface area contributed by atoms with E-state index in [-0.39, 0.29) is 23.5 Å². The number of β-lactam (4-membered cyclic amide) rings is 1. The maximum Gasteiger partial charge on any atom is 0.353 e. The van der Waals surface area contributed by atoms with Crippen LogP contribution in [0.15, 0.2) is 10.6 Å². The topological polar surface area (TPSA) is 104 Å². The molecule has 0 saturated carbocycles. The van der Waals surface area contributed by atoms with E-state index in [1.54, 1.807) is 0 Å². The number of fused-ring (bicyclic) bond motifs is 1. The number of carboxylic acid groups (broad SMARTS) is 1. The standard InChI is InChI=1S/C9H12N2O4S/c1-3(12)5-7(13)11-6(9(14)15)4(2-10)16-8(5)11/h3,5,8,12H,2,10H2,1H3,(H,14,15)/t3-,5-,8-/m1/s1. The molecular weight excluding hydrogens is 232 g/mol. The van der Waals surface area contributed by atoms with E-state index < -0.39 is 18.0 Å². The molecule has 2 aliphatic heterocycles. The van der Waals surface area contributed by atoms with Crippen molar-refractivity contribution in [3.8, 4) is 0 Å². The molecule has 3 atom stereocenters. The number of carbonyl (C=O) groups excluding carboxylic acids is 1. The first kappa shape index (κ1) is 11.4. The molecule has 1 saturated heterocycles. The lowest BCUT2D eigenvalue weighted by Crippen LogP contribution is -2.60. The third-order valence-electron chi connectivity index (χ3n) is 2.76. The lowest BCUT2D eigenvalue weighted by molar-refractivity contribution is -0.156. The number of carboxylic acids is 1. The summed E-state index contributed by atoms with van der Waals surface area (Å²) in [4.78, 5) is 24.4. The summed E-state index contributed by atoms with van der Waals surface area (Å²) in [6.07, 6.45) is -0.770. The second kappa shape index (κ2) is 3.76. The smallest absolute Gasteiger partial charge is 0.353 e. The Morgan fingerprint density at radius 3 is 2.75 bits per heavy atom. The molecule has 2 heterocycles. The average Bonchev–Trinajstić information content (AvgIpc) is 2.51. The molecule has 4 N–H and O–H groups in total. The molecule has 1 fully saturated rings. The summed E-state index contributed by atoms with van der Waals surface area (Å²) in [6.45, 7) is 1.63. The number of hydrogen-bond donors (Lipinski definition) is 3. The average molecular weight is 244 g/mol. The minimum atomic E-state index is -1.15. The van der Waals surface area contributed by atoms with Gasteiger partial charge in [-0.25, -0.2) is 4.79 Å². The summed E-state index contributed by atoms with van der Waals surface area (Å²) in [5.41, 5.74) is 5.41. The minimum Gasteiger partial charge on any atom is -0.477 e. The largest absolute Gasteiger partial charge is 0.477 e. The predicted octanol–water partition coefficient (Wildman–Crippen LogP) is -0.847. The quantitative estimate of drug-likeness (QED) is 0.559. The van der Waals surface area contributed by atoms with Crippen LogP contribution in [-0.2, 0) is 9.59 Å². The maximum atomic E-state index is 11.7. The minimum absolute atomic E-state index is 0.0283. The van der Waals surface area contributed by atoms with Crippen LogP contribution in [0.4, 0.5) is 0 Å². The van der Waals surface area contributed by atoms with Gasteiger partial charge in [0, 0.05) is 11.4 Å². The molecule has 0 aliphatic carbocycles.